The Labute approximate surface area is 152 Å². The predicted octanol–water partition coefficient (Wildman–Crippen LogP) is 0.452. The molecular weight excluding hydrogens is 379 g/mol. The lowest BCUT2D eigenvalue weighted by molar-refractivity contribution is -0.305. The molecule has 0 aromatic rings. The van der Waals surface area contributed by atoms with E-state index in [-0.39, 0.29) is 0 Å². The summed E-state index contributed by atoms with van der Waals surface area (Å²) in [5, 5.41) is 2.02. The summed E-state index contributed by atoms with van der Waals surface area (Å²) in [5.41, 5.74) is 0. The summed E-state index contributed by atoms with van der Waals surface area (Å²) >= 11 is 0. The smallest absolute Gasteiger partial charge is 0.397 e. The van der Waals surface area contributed by atoms with Crippen LogP contribution in [0, 0.1) is 5.92 Å². The number of nitrogens with one attached hydrogen (secondary N) is 1. The summed E-state index contributed by atoms with van der Waals surface area (Å²) in [6, 6.07) is -1.88. The molecule has 1 rings (SSSR count). The molecule has 1 aliphatic rings. The molecule has 12 heteroatoms. The third-order valence-electron chi connectivity index (χ3n) is 3.49. The van der Waals surface area contributed by atoms with Crippen LogP contribution in [0.2, 0.25) is 0 Å². The quantitative estimate of drug-likeness (QED) is 0.523. The predicted molar refractivity (Wildman–Crippen MR) is 79.8 cm³/mol. The fourth-order valence-electron chi connectivity index (χ4n) is 2.66. The number of carbonyl (C=O) groups excluding carboxylic acids is 4. The van der Waals surface area contributed by atoms with Crippen LogP contribution in [0.15, 0.2) is 0 Å². The highest BCUT2D eigenvalue weighted by Gasteiger charge is 2.60. The standard InChI is InChI=1S/C15H20F3NO8/c1-6(20)19-12-11(15(16,17)18)13(25-8(3)22)10(5-24-7(2)21)27-14(12)26-9(4)23/h10-14H,5H2,1-4H3,(H,19,20). The Bertz CT molecular complexity index is 594. The molecule has 1 fully saturated rings. The highest BCUT2D eigenvalue weighted by atomic mass is 19.4. The Morgan fingerprint density at radius 2 is 1.52 bits per heavy atom. The van der Waals surface area contributed by atoms with Gasteiger partial charge in [0.05, 0.1) is 0 Å². The third kappa shape index (κ3) is 6.70. The number of alkyl halides is 3. The van der Waals surface area contributed by atoms with Gasteiger partial charge < -0.3 is 24.3 Å². The van der Waals surface area contributed by atoms with Crippen molar-refractivity contribution in [3.05, 3.63) is 0 Å². The fourth-order valence-corrected chi connectivity index (χ4v) is 2.66. The molecule has 0 saturated carbocycles. The molecule has 1 N–H and O–H groups in total. The summed E-state index contributed by atoms with van der Waals surface area (Å²) in [6.07, 6.45) is -10.4. The zero-order valence-corrected chi connectivity index (χ0v) is 15.0. The Balaban J connectivity index is 3.36. The maximum absolute atomic E-state index is 13.8. The first-order chi connectivity index (χ1) is 12.3. The number of hydrogen-bond acceptors (Lipinski definition) is 8. The molecule has 1 aliphatic heterocycles. The van der Waals surface area contributed by atoms with Gasteiger partial charge in [0.15, 0.2) is 0 Å². The molecule has 1 amide bonds. The SMILES string of the molecule is CC(=O)NC1C(OC(C)=O)OC(COC(C)=O)C(OC(C)=O)C1C(F)(F)F. The molecule has 0 aliphatic carbocycles. The molecular formula is C15H20F3NO8. The molecule has 5 atom stereocenters. The normalized spacial score (nSPS) is 28.0. The minimum absolute atomic E-state index is 0.690. The first kappa shape index (κ1) is 22.7. The number of esters is 3. The maximum atomic E-state index is 13.8. The fraction of sp³-hybridized carbons (Fsp3) is 0.733. The van der Waals surface area contributed by atoms with Gasteiger partial charge in [-0.25, -0.2) is 0 Å². The second kappa shape index (κ2) is 9.02. The van der Waals surface area contributed by atoms with Crippen LogP contribution in [-0.2, 0) is 38.1 Å². The second-order valence-corrected chi connectivity index (χ2v) is 5.82. The van der Waals surface area contributed by atoms with Crippen molar-refractivity contribution in [3.63, 3.8) is 0 Å². The largest absolute Gasteiger partial charge is 0.463 e. The number of rotatable bonds is 5. The monoisotopic (exact) mass is 399 g/mol. The Hall–Kier alpha value is -2.37. The molecule has 5 unspecified atom stereocenters. The minimum Gasteiger partial charge on any atom is -0.463 e. The van der Waals surface area contributed by atoms with Crippen molar-refractivity contribution in [1.82, 2.24) is 5.32 Å². The first-order valence-electron chi connectivity index (χ1n) is 7.80. The van der Waals surface area contributed by atoms with Crippen molar-refractivity contribution < 1.29 is 51.3 Å². The summed E-state index contributed by atoms with van der Waals surface area (Å²) in [5.74, 6) is -6.15. The van der Waals surface area contributed by atoms with Crippen LogP contribution in [0.25, 0.3) is 0 Å². The lowest BCUT2D eigenvalue weighted by atomic mass is 9.86. The van der Waals surface area contributed by atoms with E-state index >= 15 is 0 Å². The lowest BCUT2D eigenvalue weighted by Gasteiger charge is -2.45. The van der Waals surface area contributed by atoms with Gasteiger partial charge in [-0.2, -0.15) is 13.2 Å². The van der Waals surface area contributed by atoms with Gasteiger partial charge in [-0.1, -0.05) is 0 Å². The first-order valence-corrected chi connectivity index (χ1v) is 7.80. The molecule has 0 spiro atoms. The van der Waals surface area contributed by atoms with Crippen LogP contribution >= 0.6 is 0 Å². The van der Waals surface area contributed by atoms with E-state index in [1.807, 2.05) is 5.32 Å². The van der Waals surface area contributed by atoms with E-state index in [0.717, 1.165) is 27.7 Å². The molecule has 9 nitrogen and oxygen atoms in total. The van der Waals surface area contributed by atoms with Crippen molar-refractivity contribution in [1.29, 1.82) is 0 Å². The molecule has 1 heterocycles. The number of ether oxygens (including phenoxy) is 4. The summed E-state index contributed by atoms with van der Waals surface area (Å²) < 4.78 is 60.8. The van der Waals surface area contributed by atoms with Crippen molar-refractivity contribution in [2.45, 2.75) is 58.4 Å². The van der Waals surface area contributed by atoms with Crippen LogP contribution in [-0.4, -0.2) is 61.1 Å². The van der Waals surface area contributed by atoms with Gasteiger partial charge in [0.25, 0.3) is 0 Å². The van der Waals surface area contributed by atoms with Crippen LogP contribution < -0.4 is 5.32 Å². The van der Waals surface area contributed by atoms with E-state index in [2.05, 4.69) is 4.74 Å². The number of halogens is 3. The molecule has 0 aromatic heterocycles. The van der Waals surface area contributed by atoms with E-state index in [0.29, 0.717) is 0 Å². The molecule has 154 valence electrons. The maximum Gasteiger partial charge on any atom is 0.397 e. The van der Waals surface area contributed by atoms with Gasteiger partial charge in [-0.3, -0.25) is 19.2 Å². The number of hydrogen-bond donors (Lipinski definition) is 1. The van der Waals surface area contributed by atoms with E-state index in [4.69, 9.17) is 14.2 Å². The average Bonchev–Trinajstić information content (AvgIpc) is 2.45. The molecule has 1 saturated heterocycles. The number of amides is 1. The van der Waals surface area contributed by atoms with Gasteiger partial charge in [-0.15, -0.1) is 0 Å². The van der Waals surface area contributed by atoms with Crippen LogP contribution in [0.4, 0.5) is 13.2 Å². The average molecular weight is 399 g/mol. The zero-order chi connectivity index (χ0) is 20.9. The Kier molecular flexibility index (Phi) is 7.57. The van der Waals surface area contributed by atoms with Gasteiger partial charge in [0, 0.05) is 27.7 Å². The van der Waals surface area contributed by atoms with Crippen molar-refractivity contribution >= 4 is 23.8 Å². The van der Waals surface area contributed by atoms with E-state index in [1.165, 1.54) is 0 Å². The Morgan fingerprint density at radius 1 is 0.963 bits per heavy atom. The summed E-state index contributed by atoms with van der Waals surface area (Å²) in [4.78, 5) is 45.0. The van der Waals surface area contributed by atoms with Crippen LogP contribution in [0.5, 0.6) is 0 Å². The highest BCUT2D eigenvalue weighted by Crippen LogP contribution is 2.40. The molecule has 0 bridgehead atoms. The molecule has 0 aromatic carbocycles. The van der Waals surface area contributed by atoms with E-state index in [9.17, 15) is 32.3 Å². The van der Waals surface area contributed by atoms with Crippen molar-refractivity contribution in [2.24, 2.45) is 5.92 Å². The zero-order valence-electron chi connectivity index (χ0n) is 15.0. The molecule has 0 radical (unpaired) electrons. The van der Waals surface area contributed by atoms with E-state index < -0.39 is 67.1 Å². The Morgan fingerprint density at radius 3 is 1.93 bits per heavy atom. The highest BCUT2D eigenvalue weighted by molar-refractivity contribution is 5.73. The van der Waals surface area contributed by atoms with E-state index in [1.54, 1.807) is 0 Å². The summed E-state index contributed by atoms with van der Waals surface area (Å²) in [7, 11) is 0. The van der Waals surface area contributed by atoms with Crippen molar-refractivity contribution in [3.8, 4) is 0 Å². The number of carbonyl (C=O) groups is 4. The third-order valence-corrected chi connectivity index (χ3v) is 3.49. The van der Waals surface area contributed by atoms with Gasteiger partial charge in [-0.05, 0) is 0 Å². The van der Waals surface area contributed by atoms with Gasteiger partial charge >= 0.3 is 24.1 Å². The van der Waals surface area contributed by atoms with Crippen LogP contribution in [0.1, 0.15) is 27.7 Å². The topological polar surface area (TPSA) is 117 Å². The minimum atomic E-state index is -4.98. The van der Waals surface area contributed by atoms with Crippen LogP contribution in [0.3, 0.4) is 0 Å². The summed E-state index contributed by atoms with van der Waals surface area (Å²) in [6.45, 7) is 3.13. The lowest BCUT2D eigenvalue weighted by Crippen LogP contribution is -2.66. The van der Waals surface area contributed by atoms with Crippen molar-refractivity contribution in [2.75, 3.05) is 6.61 Å². The second-order valence-electron chi connectivity index (χ2n) is 5.82. The van der Waals surface area contributed by atoms with Gasteiger partial charge in [0.2, 0.25) is 12.2 Å². The van der Waals surface area contributed by atoms with Gasteiger partial charge in [0.1, 0.15) is 30.8 Å². The molecule has 27 heavy (non-hydrogen) atoms.